The fraction of sp³-hybridized carbons (Fsp3) is 0.842. The Morgan fingerprint density at radius 2 is 1.71 bits per heavy atom. The molecule has 4 unspecified atom stereocenters. The minimum atomic E-state index is -0.300. The van der Waals surface area contributed by atoms with Gasteiger partial charge in [0.15, 0.2) is 6.61 Å². The lowest BCUT2D eigenvalue weighted by Gasteiger charge is -2.36. The molecule has 0 saturated heterocycles. The number of ether oxygens (including phenoxy) is 1. The van der Waals surface area contributed by atoms with Gasteiger partial charge in [-0.2, -0.15) is 0 Å². The Kier molecular flexibility index (Phi) is 5.57. The van der Waals surface area contributed by atoms with Crippen LogP contribution in [0.4, 0.5) is 0 Å². The molecule has 1 N–H and O–H groups in total. The molecule has 3 aliphatic rings. The van der Waals surface area contributed by atoms with Gasteiger partial charge in [-0.25, -0.2) is 0 Å². The average molecular weight is 335 g/mol. The van der Waals surface area contributed by atoms with Gasteiger partial charge in [-0.1, -0.05) is 26.2 Å². The molecule has 0 aliphatic heterocycles. The van der Waals surface area contributed by atoms with Gasteiger partial charge in [-0.3, -0.25) is 14.4 Å². The summed E-state index contributed by atoms with van der Waals surface area (Å²) in [7, 11) is 0. The van der Waals surface area contributed by atoms with E-state index >= 15 is 0 Å². The Morgan fingerprint density at radius 3 is 2.38 bits per heavy atom. The molecule has 0 aromatic carbocycles. The van der Waals surface area contributed by atoms with E-state index in [1.54, 1.807) is 0 Å². The molecule has 3 fully saturated rings. The van der Waals surface area contributed by atoms with Gasteiger partial charge in [0, 0.05) is 17.9 Å². The fourth-order valence-corrected chi connectivity index (χ4v) is 4.71. The largest absolute Gasteiger partial charge is 0.455 e. The van der Waals surface area contributed by atoms with Crippen LogP contribution in [0.1, 0.15) is 64.7 Å². The summed E-state index contributed by atoms with van der Waals surface area (Å²) in [4.78, 5) is 36.4. The molecule has 24 heavy (non-hydrogen) atoms. The number of ketones is 1. The highest BCUT2D eigenvalue weighted by atomic mass is 16.5. The number of hydrogen-bond acceptors (Lipinski definition) is 4. The van der Waals surface area contributed by atoms with Crippen molar-refractivity contribution in [3.8, 4) is 0 Å². The van der Waals surface area contributed by atoms with E-state index in [4.69, 9.17) is 4.74 Å². The molecule has 3 aliphatic carbocycles. The first-order valence-corrected chi connectivity index (χ1v) is 9.54. The predicted octanol–water partition coefficient (Wildman–Crippen LogP) is 2.62. The Hall–Kier alpha value is -1.39. The highest BCUT2D eigenvalue weighted by Crippen LogP contribution is 2.40. The summed E-state index contributed by atoms with van der Waals surface area (Å²) in [5, 5.41) is 3.00. The molecule has 5 nitrogen and oxygen atoms in total. The summed E-state index contributed by atoms with van der Waals surface area (Å²) in [5.41, 5.74) is 0. The highest BCUT2D eigenvalue weighted by Gasteiger charge is 2.41. The Morgan fingerprint density at radius 1 is 1.04 bits per heavy atom. The highest BCUT2D eigenvalue weighted by molar-refractivity contribution is 5.88. The van der Waals surface area contributed by atoms with Gasteiger partial charge in [0.1, 0.15) is 5.78 Å². The van der Waals surface area contributed by atoms with Crippen molar-refractivity contribution >= 4 is 17.7 Å². The van der Waals surface area contributed by atoms with Crippen molar-refractivity contribution in [1.29, 1.82) is 0 Å². The second kappa shape index (κ2) is 7.66. The van der Waals surface area contributed by atoms with Crippen molar-refractivity contribution in [2.75, 3.05) is 6.61 Å². The molecular weight excluding hydrogens is 306 g/mol. The smallest absolute Gasteiger partial charge is 0.309 e. The first-order valence-electron chi connectivity index (χ1n) is 9.54. The lowest BCUT2D eigenvalue weighted by molar-refractivity contribution is -0.157. The van der Waals surface area contributed by atoms with Crippen LogP contribution in [-0.2, 0) is 19.1 Å². The molecule has 0 heterocycles. The molecule has 134 valence electrons. The molecule has 1 amide bonds. The SMILES string of the molecule is CC1CCCCC1NC(=O)COC(=O)C1CC2CCCC(C1)C2=O. The second-order valence-corrected chi connectivity index (χ2v) is 7.94. The van der Waals surface area contributed by atoms with Gasteiger partial charge in [-0.15, -0.1) is 0 Å². The summed E-state index contributed by atoms with van der Waals surface area (Å²) >= 11 is 0. The van der Waals surface area contributed by atoms with E-state index in [2.05, 4.69) is 12.2 Å². The summed E-state index contributed by atoms with van der Waals surface area (Å²) in [6.07, 6.45) is 8.63. The van der Waals surface area contributed by atoms with Crippen LogP contribution in [0.15, 0.2) is 0 Å². The lowest BCUT2D eigenvalue weighted by Crippen LogP contribution is -2.44. The normalized spacial score (nSPS) is 36.0. The van der Waals surface area contributed by atoms with Crippen molar-refractivity contribution in [3.05, 3.63) is 0 Å². The zero-order chi connectivity index (χ0) is 17.1. The standard InChI is InChI=1S/C19H29NO4/c1-12-5-2-3-8-16(12)20-17(21)11-24-19(23)15-9-13-6-4-7-14(10-15)18(13)22/h12-16H,2-11H2,1H3,(H,20,21). The van der Waals surface area contributed by atoms with Gasteiger partial charge in [0.2, 0.25) is 0 Å². The first-order chi connectivity index (χ1) is 11.5. The third-order valence-electron chi connectivity index (χ3n) is 6.18. The van der Waals surface area contributed by atoms with Crippen LogP contribution >= 0.6 is 0 Å². The molecule has 0 radical (unpaired) electrons. The van der Waals surface area contributed by atoms with Crippen LogP contribution in [-0.4, -0.2) is 30.3 Å². The number of carbonyl (C=O) groups excluding carboxylic acids is 3. The number of nitrogens with one attached hydrogen (secondary N) is 1. The van der Waals surface area contributed by atoms with E-state index in [-0.39, 0.29) is 42.3 Å². The van der Waals surface area contributed by atoms with Crippen LogP contribution in [0.25, 0.3) is 0 Å². The van der Waals surface area contributed by atoms with E-state index in [0.717, 1.165) is 38.5 Å². The van der Waals surface area contributed by atoms with E-state index < -0.39 is 0 Å². The van der Waals surface area contributed by atoms with Crippen molar-refractivity contribution < 1.29 is 19.1 Å². The number of fused-ring (bicyclic) bond motifs is 2. The third kappa shape index (κ3) is 3.98. The molecule has 0 aromatic heterocycles. The van der Waals surface area contributed by atoms with Crippen LogP contribution in [0.3, 0.4) is 0 Å². The lowest BCUT2D eigenvalue weighted by atomic mass is 9.67. The summed E-state index contributed by atoms with van der Waals surface area (Å²) < 4.78 is 5.26. The van der Waals surface area contributed by atoms with Gasteiger partial charge >= 0.3 is 5.97 Å². The van der Waals surface area contributed by atoms with E-state index in [9.17, 15) is 14.4 Å². The summed E-state index contributed by atoms with van der Waals surface area (Å²) in [6, 6.07) is 0.205. The summed E-state index contributed by atoms with van der Waals surface area (Å²) in [5.74, 6) is 0.190. The third-order valence-corrected chi connectivity index (χ3v) is 6.18. The van der Waals surface area contributed by atoms with Crippen molar-refractivity contribution in [3.63, 3.8) is 0 Å². The molecule has 4 atom stereocenters. The maximum Gasteiger partial charge on any atom is 0.309 e. The second-order valence-electron chi connectivity index (χ2n) is 7.94. The van der Waals surface area contributed by atoms with Gasteiger partial charge in [-0.05, 0) is 44.4 Å². The van der Waals surface area contributed by atoms with E-state index in [1.807, 2.05) is 0 Å². The van der Waals surface area contributed by atoms with Crippen LogP contribution in [0.5, 0.6) is 0 Å². The number of hydrogen-bond donors (Lipinski definition) is 1. The van der Waals surface area contributed by atoms with Gasteiger partial charge in [0.05, 0.1) is 5.92 Å². The number of Topliss-reactive ketones (excluding diaryl/α,β-unsaturated/α-hetero) is 1. The number of rotatable bonds is 4. The van der Waals surface area contributed by atoms with E-state index in [0.29, 0.717) is 24.5 Å². The number of esters is 1. The maximum absolute atomic E-state index is 12.3. The summed E-state index contributed by atoms with van der Waals surface area (Å²) in [6.45, 7) is 1.97. The van der Waals surface area contributed by atoms with Gasteiger partial charge < -0.3 is 10.1 Å². The molecule has 3 saturated carbocycles. The zero-order valence-electron chi connectivity index (χ0n) is 14.6. The number of carbonyl (C=O) groups is 3. The topological polar surface area (TPSA) is 72.5 Å². The fourth-order valence-electron chi connectivity index (χ4n) is 4.71. The van der Waals surface area contributed by atoms with E-state index in [1.165, 1.54) is 6.42 Å². The molecular formula is C19H29NO4. The van der Waals surface area contributed by atoms with Crippen LogP contribution in [0, 0.1) is 23.7 Å². The average Bonchev–Trinajstić information content (AvgIpc) is 2.54. The molecule has 3 rings (SSSR count). The molecule has 0 aromatic rings. The molecule has 0 spiro atoms. The number of amides is 1. The quantitative estimate of drug-likeness (QED) is 0.802. The first kappa shape index (κ1) is 17.4. The monoisotopic (exact) mass is 335 g/mol. The predicted molar refractivity (Wildman–Crippen MR) is 89.1 cm³/mol. The minimum absolute atomic E-state index is 0.0342. The van der Waals surface area contributed by atoms with Crippen molar-refractivity contribution in [2.24, 2.45) is 23.7 Å². The van der Waals surface area contributed by atoms with Crippen molar-refractivity contribution in [1.82, 2.24) is 5.32 Å². The van der Waals surface area contributed by atoms with Crippen LogP contribution in [0.2, 0.25) is 0 Å². The van der Waals surface area contributed by atoms with Crippen LogP contribution < -0.4 is 5.32 Å². The minimum Gasteiger partial charge on any atom is -0.455 e. The van der Waals surface area contributed by atoms with Gasteiger partial charge in [0.25, 0.3) is 5.91 Å². The molecule has 5 heteroatoms. The maximum atomic E-state index is 12.3. The molecule has 2 bridgehead atoms. The zero-order valence-corrected chi connectivity index (χ0v) is 14.6. The Balaban J connectivity index is 1.43. The Bertz CT molecular complexity index is 488. The van der Waals surface area contributed by atoms with Crippen molar-refractivity contribution in [2.45, 2.75) is 70.8 Å². The Labute approximate surface area is 143 Å².